The summed E-state index contributed by atoms with van der Waals surface area (Å²) in [6, 6.07) is 6.85. The average Bonchev–Trinajstić information content (AvgIpc) is 3.12. The standard InChI is InChI=1S/C16H16N6O2S/c1-2-24-15(23)10-3-5-11(6-4-10)21-13-12(17)14(20-9-19-13)22-16-18-7-8-25-16/h3-9H,2,17H2,1H3,(H2,18,19,20,21,22). The Morgan fingerprint density at radius 2 is 1.88 bits per heavy atom. The van der Waals surface area contributed by atoms with Crippen molar-refractivity contribution in [3.05, 3.63) is 47.7 Å². The van der Waals surface area contributed by atoms with Crippen molar-refractivity contribution in [2.24, 2.45) is 0 Å². The van der Waals surface area contributed by atoms with Gasteiger partial charge in [-0.15, -0.1) is 11.3 Å². The minimum absolute atomic E-state index is 0.338. The van der Waals surface area contributed by atoms with Crippen LogP contribution in [-0.4, -0.2) is 27.5 Å². The van der Waals surface area contributed by atoms with Gasteiger partial charge in [0.05, 0.1) is 12.2 Å². The number of anilines is 5. The molecule has 0 saturated heterocycles. The third-order valence-electron chi connectivity index (χ3n) is 3.20. The van der Waals surface area contributed by atoms with E-state index in [1.54, 1.807) is 37.4 Å². The molecule has 0 aliphatic heterocycles. The lowest BCUT2D eigenvalue weighted by Crippen LogP contribution is -2.06. The highest BCUT2D eigenvalue weighted by atomic mass is 32.1. The normalized spacial score (nSPS) is 10.3. The van der Waals surface area contributed by atoms with E-state index >= 15 is 0 Å². The van der Waals surface area contributed by atoms with Crippen LogP contribution in [0.3, 0.4) is 0 Å². The number of carbonyl (C=O) groups is 1. The number of hydrogen-bond donors (Lipinski definition) is 3. The predicted molar refractivity (Wildman–Crippen MR) is 97.5 cm³/mol. The topological polar surface area (TPSA) is 115 Å². The smallest absolute Gasteiger partial charge is 0.338 e. The molecule has 0 spiro atoms. The molecule has 2 heterocycles. The average molecular weight is 356 g/mol. The van der Waals surface area contributed by atoms with Crippen molar-refractivity contribution in [1.29, 1.82) is 0 Å². The molecule has 4 N–H and O–H groups in total. The highest BCUT2D eigenvalue weighted by Crippen LogP contribution is 2.28. The Morgan fingerprint density at radius 3 is 2.52 bits per heavy atom. The molecule has 3 rings (SSSR count). The summed E-state index contributed by atoms with van der Waals surface area (Å²) in [5.41, 5.74) is 7.70. The van der Waals surface area contributed by atoms with E-state index in [9.17, 15) is 4.79 Å². The lowest BCUT2D eigenvalue weighted by atomic mass is 10.2. The Morgan fingerprint density at radius 1 is 1.16 bits per heavy atom. The second-order valence-corrected chi connectivity index (χ2v) is 5.76. The van der Waals surface area contributed by atoms with E-state index in [1.165, 1.54) is 17.7 Å². The zero-order valence-electron chi connectivity index (χ0n) is 13.4. The van der Waals surface area contributed by atoms with Crippen molar-refractivity contribution in [3.63, 3.8) is 0 Å². The molecule has 0 amide bonds. The predicted octanol–water partition coefficient (Wildman–Crippen LogP) is 3.18. The van der Waals surface area contributed by atoms with Gasteiger partial charge in [-0.25, -0.2) is 19.7 Å². The second-order valence-electron chi connectivity index (χ2n) is 4.87. The Balaban J connectivity index is 1.75. The molecule has 0 unspecified atom stereocenters. The van der Waals surface area contributed by atoms with Gasteiger partial charge in [-0.05, 0) is 31.2 Å². The van der Waals surface area contributed by atoms with Crippen LogP contribution in [0.2, 0.25) is 0 Å². The van der Waals surface area contributed by atoms with Crippen molar-refractivity contribution in [3.8, 4) is 0 Å². The quantitative estimate of drug-likeness (QED) is 0.577. The highest BCUT2D eigenvalue weighted by Gasteiger charge is 2.10. The summed E-state index contributed by atoms with van der Waals surface area (Å²) in [6.07, 6.45) is 3.09. The number of nitrogens with two attached hydrogens (primary N) is 1. The third kappa shape index (κ3) is 4.01. The molecular weight excluding hydrogens is 340 g/mol. The Labute approximate surface area is 148 Å². The van der Waals surface area contributed by atoms with Gasteiger partial charge in [-0.2, -0.15) is 0 Å². The summed E-state index contributed by atoms with van der Waals surface area (Å²) >= 11 is 1.44. The van der Waals surface area contributed by atoms with E-state index < -0.39 is 0 Å². The van der Waals surface area contributed by atoms with Crippen LogP contribution in [0.5, 0.6) is 0 Å². The number of carbonyl (C=O) groups excluding carboxylic acids is 1. The Bertz CT molecular complexity index is 852. The number of esters is 1. The fraction of sp³-hybridized carbons (Fsp3) is 0.125. The molecule has 128 valence electrons. The first kappa shape index (κ1) is 16.7. The van der Waals surface area contributed by atoms with Crippen molar-refractivity contribution in [2.45, 2.75) is 6.92 Å². The molecule has 0 bridgehead atoms. The number of rotatable bonds is 6. The summed E-state index contributed by atoms with van der Waals surface area (Å²) in [5.74, 6) is 0.569. The molecule has 3 aromatic rings. The molecule has 25 heavy (non-hydrogen) atoms. The molecule has 0 atom stereocenters. The van der Waals surface area contributed by atoms with Gasteiger partial charge in [-0.3, -0.25) is 0 Å². The van der Waals surface area contributed by atoms with E-state index in [0.29, 0.717) is 34.6 Å². The van der Waals surface area contributed by atoms with Gasteiger partial charge in [0.25, 0.3) is 0 Å². The SMILES string of the molecule is CCOC(=O)c1ccc(Nc2ncnc(Nc3nccs3)c2N)cc1. The lowest BCUT2D eigenvalue weighted by Gasteiger charge is -2.11. The van der Waals surface area contributed by atoms with Crippen molar-refractivity contribution in [1.82, 2.24) is 15.0 Å². The minimum Gasteiger partial charge on any atom is -0.462 e. The van der Waals surface area contributed by atoms with Gasteiger partial charge < -0.3 is 21.1 Å². The second kappa shape index (κ2) is 7.58. The Hall–Kier alpha value is -3.20. The molecule has 9 heteroatoms. The largest absolute Gasteiger partial charge is 0.462 e. The van der Waals surface area contributed by atoms with Crippen molar-refractivity contribution < 1.29 is 9.53 Å². The van der Waals surface area contributed by atoms with E-state index in [0.717, 1.165) is 5.69 Å². The van der Waals surface area contributed by atoms with Gasteiger partial charge in [0.15, 0.2) is 16.8 Å². The van der Waals surface area contributed by atoms with Gasteiger partial charge in [0, 0.05) is 17.3 Å². The van der Waals surface area contributed by atoms with Crippen LogP contribution in [0, 0.1) is 0 Å². The molecule has 0 radical (unpaired) electrons. The summed E-state index contributed by atoms with van der Waals surface area (Å²) in [5, 5.41) is 8.69. The van der Waals surface area contributed by atoms with Gasteiger partial charge >= 0.3 is 5.97 Å². The molecule has 0 saturated carbocycles. The fourth-order valence-electron chi connectivity index (χ4n) is 2.02. The number of ether oxygens (including phenoxy) is 1. The number of thiazole rings is 1. The van der Waals surface area contributed by atoms with Crippen LogP contribution in [0.25, 0.3) is 0 Å². The number of benzene rings is 1. The monoisotopic (exact) mass is 356 g/mol. The first-order valence-electron chi connectivity index (χ1n) is 7.48. The van der Waals surface area contributed by atoms with Crippen LogP contribution < -0.4 is 16.4 Å². The number of aromatic nitrogens is 3. The maximum absolute atomic E-state index is 11.7. The van der Waals surface area contributed by atoms with Crippen LogP contribution in [0.1, 0.15) is 17.3 Å². The zero-order valence-corrected chi connectivity index (χ0v) is 14.2. The highest BCUT2D eigenvalue weighted by molar-refractivity contribution is 7.13. The first-order chi connectivity index (χ1) is 12.2. The van der Waals surface area contributed by atoms with Crippen LogP contribution in [-0.2, 0) is 4.74 Å². The molecule has 2 aromatic heterocycles. The van der Waals surface area contributed by atoms with Gasteiger partial charge in [0.2, 0.25) is 0 Å². The summed E-state index contributed by atoms with van der Waals surface area (Å²) < 4.78 is 4.96. The summed E-state index contributed by atoms with van der Waals surface area (Å²) in [4.78, 5) is 24.1. The number of hydrogen-bond acceptors (Lipinski definition) is 9. The maximum Gasteiger partial charge on any atom is 0.338 e. The van der Waals surface area contributed by atoms with E-state index in [4.69, 9.17) is 10.5 Å². The first-order valence-corrected chi connectivity index (χ1v) is 8.36. The fourth-order valence-corrected chi connectivity index (χ4v) is 2.55. The summed E-state index contributed by atoms with van der Waals surface area (Å²) in [7, 11) is 0. The van der Waals surface area contributed by atoms with E-state index in [1.807, 2.05) is 5.38 Å². The summed E-state index contributed by atoms with van der Waals surface area (Å²) in [6.45, 7) is 2.11. The molecule has 1 aromatic carbocycles. The van der Waals surface area contributed by atoms with Crippen LogP contribution >= 0.6 is 11.3 Å². The maximum atomic E-state index is 11.7. The van der Waals surface area contributed by atoms with Gasteiger partial charge in [0.1, 0.15) is 12.0 Å². The molecule has 8 nitrogen and oxygen atoms in total. The van der Waals surface area contributed by atoms with Crippen LogP contribution in [0.15, 0.2) is 42.2 Å². The molecular formula is C16H16N6O2S. The van der Waals surface area contributed by atoms with Crippen molar-refractivity contribution in [2.75, 3.05) is 23.0 Å². The lowest BCUT2D eigenvalue weighted by molar-refractivity contribution is 0.0526. The zero-order chi connectivity index (χ0) is 17.6. The minimum atomic E-state index is -0.356. The van der Waals surface area contributed by atoms with E-state index in [2.05, 4.69) is 25.6 Å². The number of nitrogens with zero attached hydrogens (tertiary/aromatic N) is 3. The van der Waals surface area contributed by atoms with E-state index in [-0.39, 0.29) is 5.97 Å². The Kier molecular flexibility index (Phi) is 5.05. The molecule has 0 aliphatic carbocycles. The third-order valence-corrected chi connectivity index (χ3v) is 3.89. The van der Waals surface area contributed by atoms with Gasteiger partial charge in [-0.1, -0.05) is 0 Å². The van der Waals surface area contributed by atoms with Crippen LogP contribution in [0.4, 0.5) is 28.1 Å². The number of nitrogens with one attached hydrogen (secondary N) is 2. The number of nitrogen functional groups attached to an aromatic ring is 1. The van der Waals surface area contributed by atoms with Crippen molar-refractivity contribution >= 4 is 45.4 Å². The molecule has 0 aliphatic rings. The molecule has 0 fully saturated rings.